The molecule has 0 radical (unpaired) electrons. The van der Waals surface area contributed by atoms with Crippen molar-refractivity contribution in [1.29, 1.82) is 0 Å². The van der Waals surface area contributed by atoms with Gasteiger partial charge in [-0.1, -0.05) is 24.3 Å². The average Bonchev–Trinajstić information content (AvgIpc) is 3.66. The van der Waals surface area contributed by atoms with Crippen molar-refractivity contribution >= 4 is 34.6 Å². The highest BCUT2D eigenvalue weighted by Gasteiger charge is 2.38. The molecule has 1 N–H and O–H groups in total. The highest BCUT2D eigenvalue weighted by molar-refractivity contribution is 5.87. The summed E-state index contributed by atoms with van der Waals surface area (Å²) < 4.78 is 26.9. The van der Waals surface area contributed by atoms with Crippen LogP contribution in [0.3, 0.4) is 0 Å². The Labute approximate surface area is 220 Å². The predicted octanol–water partition coefficient (Wildman–Crippen LogP) is 5.01. The fourth-order valence-corrected chi connectivity index (χ4v) is 6.10. The summed E-state index contributed by atoms with van der Waals surface area (Å²) in [7, 11) is 0. The number of fused-ring (bicyclic) bond motifs is 2. The summed E-state index contributed by atoms with van der Waals surface area (Å²) in [6, 6.07) is 13.8. The molecule has 2 atom stereocenters. The molecule has 2 aliphatic heterocycles. The predicted molar refractivity (Wildman–Crippen MR) is 139 cm³/mol. The minimum absolute atomic E-state index is 0.0455. The number of carbonyl (C=O) groups excluding carboxylic acids is 1. The Kier molecular flexibility index (Phi) is 6.88. The van der Waals surface area contributed by atoms with Crippen molar-refractivity contribution < 1.29 is 28.2 Å². The van der Waals surface area contributed by atoms with Gasteiger partial charge in [-0.3, -0.25) is 14.5 Å². The molecule has 3 heterocycles. The Bertz CT molecular complexity index is 1330. The van der Waals surface area contributed by atoms with Gasteiger partial charge in [-0.05, 0) is 74.3 Å². The Morgan fingerprint density at radius 3 is 2.74 bits per heavy atom. The van der Waals surface area contributed by atoms with Gasteiger partial charge >= 0.3 is 12.0 Å². The minimum Gasteiger partial charge on any atom is -0.481 e. The second kappa shape index (κ2) is 10.5. The molecule has 0 unspecified atom stereocenters. The first-order valence-corrected chi connectivity index (χ1v) is 13.5. The Balaban J connectivity index is 1.09. The molecule has 2 fully saturated rings. The summed E-state index contributed by atoms with van der Waals surface area (Å²) in [5.41, 5.74) is 4.54. The van der Waals surface area contributed by atoms with Crippen LogP contribution < -0.4 is 4.90 Å². The van der Waals surface area contributed by atoms with Crippen molar-refractivity contribution in [3.63, 3.8) is 0 Å². The van der Waals surface area contributed by atoms with Crippen molar-refractivity contribution in [2.75, 3.05) is 18.0 Å². The number of ketones is 1. The zero-order valence-corrected chi connectivity index (χ0v) is 21.2. The normalized spacial score (nSPS) is 24.6. The van der Waals surface area contributed by atoms with Crippen molar-refractivity contribution in [1.82, 2.24) is 9.88 Å². The highest BCUT2D eigenvalue weighted by Crippen LogP contribution is 2.36. The number of alkyl halides is 1. The number of aromatic nitrogens is 1. The molecule has 2 aromatic carbocycles. The quantitative estimate of drug-likeness (QED) is 0.413. The molecular formula is C29H32FN3O5. The Hall–Kier alpha value is -3.30. The number of nitrogens with zero attached hydrogens (tertiary/aromatic N) is 3. The number of hydrogen-bond donors (Lipinski definition) is 1. The van der Waals surface area contributed by atoms with Gasteiger partial charge in [-0.25, -0.2) is 4.90 Å². The van der Waals surface area contributed by atoms with Gasteiger partial charge in [0, 0.05) is 25.2 Å². The lowest BCUT2D eigenvalue weighted by molar-refractivity contribution is -0.187. The second-order valence-electron chi connectivity index (χ2n) is 10.6. The molecule has 3 aromatic rings. The van der Waals surface area contributed by atoms with Gasteiger partial charge < -0.3 is 14.3 Å². The van der Waals surface area contributed by atoms with E-state index in [0.29, 0.717) is 50.2 Å². The molecule has 8 nitrogen and oxygen atoms in total. The van der Waals surface area contributed by atoms with Crippen LogP contribution in [0.1, 0.15) is 49.7 Å². The maximum atomic E-state index is 15.2. The summed E-state index contributed by atoms with van der Waals surface area (Å²) in [6.07, 6.45) is 4.15. The SMILES string of the molecule is O=C(O)C1CCC(O[C@@H](F)N2CCC[C@H]2C(=O)Cc2ccc3nc(N4CCc5ccccc54)oc3c2)CC1. The number of halogens is 1. The van der Waals surface area contributed by atoms with Crippen LogP contribution in [-0.4, -0.2) is 58.5 Å². The third-order valence-electron chi connectivity index (χ3n) is 8.19. The third kappa shape index (κ3) is 4.92. The summed E-state index contributed by atoms with van der Waals surface area (Å²) >= 11 is 0. The second-order valence-corrected chi connectivity index (χ2v) is 10.6. The number of rotatable bonds is 8. The molecule has 1 saturated heterocycles. The zero-order chi connectivity index (χ0) is 26.2. The van der Waals surface area contributed by atoms with E-state index in [2.05, 4.69) is 22.0 Å². The van der Waals surface area contributed by atoms with Crippen molar-refractivity contribution in [2.24, 2.45) is 5.92 Å². The fraction of sp³-hybridized carbons (Fsp3) is 0.483. The van der Waals surface area contributed by atoms with Gasteiger partial charge in [0.2, 0.25) is 0 Å². The van der Waals surface area contributed by atoms with E-state index in [1.807, 2.05) is 30.3 Å². The first-order valence-electron chi connectivity index (χ1n) is 13.5. The molecule has 0 spiro atoms. The molecule has 1 aliphatic carbocycles. The molecule has 38 heavy (non-hydrogen) atoms. The van der Waals surface area contributed by atoms with Gasteiger partial charge in [0.15, 0.2) is 11.4 Å². The van der Waals surface area contributed by atoms with E-state index in [0.717, 1.165) is 36.2 Å². The van der Waals surface area contributed by atoms with Crippen LogP contribution in [0.5, 0.6) is 0 Å². The maximum Gasteiger partial charge on any atom is 0.306 e. The van der Waals surface area contributed by atoms with Crippen LogP contribution >= 0.6 is 0 Å². The van der Waals surface area contributed by atoms with Crippen LogP contribution in [0, 0.1) is 5.92 Å². The molecule has 3 aliphatic rings. The molecule has 200 valence electrons. The van der Waals surface area contributed by atoms with E-state index in [-0.39, 0.29) is 24.2 Å². The molecule has 1 saturated carbocycles. The molecule has 6 rings (SSSR count). The molecule has 9 heteroatoms. The summed E-state index contributed by atoms with van der Waals surface area (Å²) in [4.78, 5) is 32.7. The van der Waals surface area contributed by atoms with E-state index < -0.39 is 18.5 Å². The number of carboxylic acid groups (broad SMARTS) is 1. The minimum atomic E-state index is -1.67. The van der Waals surface area contributed by atoms with Gasteiger partial charge in [0.05, 0.1) is 18.1 Å². The number of carboxylic acids is 1. The van der Waals surface area contributed by atoms with Crippen molar-refractivity contribution in [3.05, 3.63) is 53.6 Å². The maximum absolute atomic E-state index is 15.2. The standard InChI is InChI=1S/C29H32FN3O5/c30-28(37-21-10-8-20(9-11-21)27(35)36)32-14-3-6-24(32)25(34)16-18-7-12-22-26(17-18)38-29(31-22)33-15-13-19-4-1-2-5-23(19)33/h1-2,4-5,7,12,17,20-21,24,28H,3,6,8-11,13-16H2,(H,35,36)/t20?,21?,24-,28-/m0/s1. The van der Waals surface area contributed by atoms with Crippen LogP contribution in [0.2, 0.25) is 0 Å². The summed E-state index contributed by atoms with van der Waals surface area (Å²) in [5, 5.41) is 9.17. The van der Waals surface area contributed by atoms with Crippen LogP contribution in [0.15, 0.2) is 46.9 Å². The van der Waals surface area contributed by atoms with Crippen LogP contribution in [0.4, 0.5) is 16.1 Å². The molecule has 0 bridgehead atoms. The van der Waals surface area contributed by atoms with E-state index >= 15 is 4.39 Å². The molecule has 1 aromatic heterocycles. The highest BCUT2D eigenvalue weighted by atomic mass is 19.1. The van der Waals surface area contributed by atoms with Gasteiger partial charge in [-0.15, -0.1) is 0 Å². The summed E-state index contributed by atoms with van der Waals surface area (Å²) in [6.45, 7) is -0.396. The third-order valence-corrected chi connectivity index (χ3v) is 8.19. The number of anilines is 2. The number of ether oxygens (including phenoxy) is 1. The van der Waals surface area contributed by atoms with Crippen LogP contribution in [0.25, 0.3) is 11.1 Å². The molecular weight excluding hydrogens is 489 g/mol. The Morgan fingerprint density at radius 2 is 1.92 bits per heavy atom. The lowest BCUT2D eigenvalue weighted by Gasteiger charge is -2.32. The van der Waals surface area contributed by atoms with Crippen LogP contribution in [-0.2, 0) is 27.2 Å². The number of likely N-dealkylation sites (tertiary alicyclic amines) is 1. The lowest BCUT2D eigenvalue weighted by atomic mass is 9.87. The smallest absolute Gasteiger partial charge is 0.306 e. The number of para-hydroxylation sites is 1. The van der Waals surface area contributed by atoms with Gasteiger partial charge in [0.25, 0.3) is 6.48 Å². The molecule has 0 amide bonds. The van der Waals surface area contributed by atoms with E-state index in [9.17, 15) is 9.59 Å². The topological polar surface area (TPSA) is 96.1 Å². The monoisotopic (exact) mass is 521 g/mol. The largest absolute Gasteiger partial charge is 0.481 e. The van der Waals surface area contributed by atoms with E-state index in [1.165, 1.54) is 10.5 Å². The summed E-state index contributed by atoms with van der Waals surface area (Å²) in [5.74, 6) is -1.22. The number of Topliss-reactive ketones (excluding diaryl/α,β-unsaturated/α-hetero) is 1. The first-order chi connectivity index (χ1) is 18.5. The number of oxazole rings is 1. The lowest BCUT2D eigenvalue weighted by Crippen LogP contribution is -2.44. The fourth-order valence-electron chi connectivity index (χ4n) is 6.10. The zero-order valence-electron chi connectivity index (χ0n) is 21.2. The number of hydrogen-bond acceptors (Lipinski definition) is 7. The first kappa shape index (κ1) is 25.0. The van der Waals surface area contributed by atoms with Crippen molar-refractivity contribution in [3.8, 4) is 0 Å². The average molecular weight is 522 g/mol. The number of benzene rings is 2. The number of carbonyl (C=O) groups is 2. The number of aliphatic carboxylic acids is 1. The van der Waals surface area contributed by atoms with Gasteiger partial charge in [-0.2, -0.15) is 9.37 Å². The Morgan fingerprint density at radius 1 is 1.11 bits per heavy atom. The van der Waals surface area contributed by atoms with E-state index in [4.69, 9.17) is 14.3 Å². The van der Waals surface area contributed by atoms with Gasteiger partial charge in [0.1, 0.15) is 5.52 Å². The van der Waals surface area contributed by atoms with E-state index in [1.54, 1.807) is 0 Å². The van der Waals surface area contributed by atoms with Crippen molar-refractivity contribution in [2.45, 2.75) is 70.0 Å².